The molecule has 0 saturated carbocycles. The summed E-state index contributed by atoms with van der Waals surface area (Å²) < 4.78 is 40.1. The summed E-state index contributed by atoms with van der Waals surface area (Å²) in [5.41, 5.74) is -2.29. The summed E-state index contributed by atoms with van der Waals surface area (Å²) in [6.07, 6.45) is -4.23. The van der Waals surface area contributed by atoms with Crippen LogP contribution < -0.4 is 10.6 Å². The van der Waals surface area contributed by atoms with E-state index < -0.39 is 29.3 Å². The third kappa shape index (κ3) is 4.63. The Morgan fingerprint density at radius 1 is 1.19 bits per heavy atom. The Balaban J connectivity index is 2.22. The number of aromatic carboxylic acids is 1. The second-order valence-electron chi connectivity index (χ2n) is 5.35. The highest BCUT2D eigenvalue weighted by Crippen LogP contribution is 2.33. The quantitative estimate of drug-likeness (QED) is 0.698. The van der Waals surface area contributed by atoms with Gasteiger partial charge in [0.1, 0.15) is 5.56 Å². The molecule has 8 nitrogen and oxygen atoms in total. The second kappa shape index (κ2) is 7.89. The third-order valence-electron chi connectivity index (χ3n) is 3.56. The number of nitrogens with zero attached hydrogens (tertiary/aromatic N) is 2. The summed E-state index contributed by atoms with van der Waals surface area (Å²) in [7, 11) is 1.46. The van der Waals surface area contributed by atoms with Gasteiger partial charge >= 0.3 is 12.1 Å². The molecule has 0 saturated heterocycles. The van der Waals surface area contributed by atoms with Crippen molar-refractivity contribution >= 4 is 17.8 Å². The van der Waals surface area contributed by atoms with Crippen molar-refractivity contribution in [3.63, 3.8) is 0 Å². The lowest BCUT2D eigenvalue weighted by molar-refractivity contribution is -0.143. The lowest BCUT2D eigenvalue weighted by Gasteiger charge is -2.12. The summed E-state index contributed by atoms with van der Waals surface area (Å²) >= 11 is 0. The number of carboxylic acids is 1. The van der Waals surface area contributed by atoms with Crippen molar-refractivity contribution in [2.75, 3.05) is 13.6 Å². The zero-order chi connectivity index (χ0) is 20.2. The van der Waals surface area contributed by atoms with Gasteiger partial charge in [0.15, 0.2) is 5.69 Å². The molecule has 2 amide bonds. The standard InChI is InChI=1S/C16H15F3N4O4/c1-20-12(24)6-7-21-14(25)9-2-4-10(5-3-9)23-13(16(17,18)19)11(8-22-23)15(26)27/h2-5,8H,6-7H2,1H3,(H,20,24)(H,21,25)(H,26,27). The topological polar surface area (TPSA) is 113 Å². The number of benzene rings is 1. The number of aromatic nitrogens is 2. The summed E-state index contributed by atoms with van der Waals surface area (Å²) in [5.74, 6) is -2.51. The van der Waals surface area contributed by atoms with Crippen molar-refractivity contribution in [1.29, 1.82) is 0 Å². The minimum atomic E-state index is -4.93. The van der Waals surface area contributed by atoms with E-state index in [-0.39, 0.29) is 30.1 Å². The van der Waals surface area contributed by atoms with E-state index in [2.05, 4.69) is 15.7 Å². The summed E-state index contributed by atoms with van der Waals surface area (Å²) in [6.45, 7) is 0.0968. The van der Waals surface area contributed by atoms with Gasteiger partial charge in [0.05, 0.1) is 11.9 Å². The third-order valence-corrected chi connectivity index (χ3v) is 3.56. The minimum Gasteiger partial charge on any atom is -0.478 e. The van der Waals surface area contributed by atoms with Crippen molar-refractivity contribution in [3.05, 3.63) is 47.3 Å². The second-order valence-corrected chi connectivity index (χ2v) is 5.35. The Morgan fingerprint density at radius 2 is 1.81 bits per heavy atom. The maximum Gasteiger partial charge on any atom is 0.434 e. The highest BCUT2D eigenvalue weighted by atomic mass is 19.4. The molecular weight excluding hydrogens is 369 g/mol. The van der Waals surface area contributed by atoms with Crippen molar-refractivity contribution < 1.29 is 32.7 Å². The average molecular weight is 384 g/mol. The van der Waals surface area contributed by atoms with Gasteiger partial charge in [0.2, 0.25) is 5.91 Å². The van der Waals surface area contributed by atoms with Gasteiger partial charge in [-0.3, -0.25) is 9.59 Å². The molecule has 2 aromatic rings. The lowest BCUT2D eigenvalue weighted by Crippen LogP contribution is -2.29. The molecule has 0 aliphatic heterocycles. The first-order valence-electron chi connectivity index (χ1n) is 7.63. The number of carbonyl (C=O) groups excluding carboxylic acids is 2. The monoisotopic (exact) mass is 384 g/mol. The Labute approximate surface area is 151 Å². The number of alkyl halides is 3. The fourth-order valence-electron chi connectivity index (χ4n) is 2.24. The van der Waals surface area contributed by atoms with E-state index in [1.165, 1.54) is 31.3 Å². The molecule has 0 atom stereocenters. The molecule has 1 heterocycles. The number of halogens is 3. The SMILES string of the molecule is CNC(=O)CCNC(=O)c1ccc(-n2ncc(C(=O)O)c2C(F)(F)F)cc1. The van der Waals surface area contributed by atoms with Crippen LogP contribution >= 0.6 is 0 Å². The molecule has 0 aliphatic carbocycles. The van der Waals surface area contributed by atoms with Gasteiger partial charge in [0, 0.05) is 25.6 Å². The Morgan fingerprint density at radius 3 is 2.33 bits per heavy atom. The van der Waals surface area contributed by atoms with Crippen molar-refractivity contribution in [1.82, 2.24) is 20.4 Å². The Bertz CT molecular complexity index is 860. The predicted octanol–water partition coefficient (Wildman–Crippen LogP) is 1.46. The fourth-order valence-corrected chi connectivity index (χ4v) is 2.24. The molecule has 0 unspecified atom stereocenters. The van der Waals surface area contributed by atoms with Crippen LogP contribution in [0.2, 0.25) is 0 Å². The van der Waals surface area contributed by atoms with Crippen LogP contribution in [0.1, 0.15) is 32.8 Å². The Kier molecular flexibility index (Phi) is 5.83. The van der Waals surface area contributed by atoms with Gasteiger partial charge in [-0.15, -0.1) is 0 Å². The van der Waals surface area contributed by atoms with Crippen molar-refractivity contribution in [3.8, 4) is 5.69 Å². The van der Waals surface area contributed by atoms with Gasteiger partial charge in [-0.25, -0.2) is 9.48 Å². The highest BCUT2D eigenvalue weighted by Gasteiger charge is 2.40. The first kappa shape index (κ1) is 19.9. The van der Waals surface area contributed by atoms with Crippen LogP contribution in [0.15, 0.2) is 30.5 Å². The Hall–Kier alpha value is -3.37. The minimum absolute atomic E-state index is 0.0586. The number of rotatable bonds is 6. The molecule has 1 aromatic heterocycles. The van der Waals surface area contributed by atoms with Gasteiger partial charge < -0.3 is 15.7 Å². The molecule has 27 heavy (non-hydrogen) atoms. The molecule has 1 aromatic carbocycles. The van der Waals surface area contributed by atoms with Crippen LogP contribution in [0.3, 0.4) is 0 Å². The maximum absolute atomic E-state index is 13.2. The number of hydrogen-bond acceptors (Lipinski definition) is 4. The van der Waals surface area contributed by atoms with Gasteiger partial charge in [-0.2, -0.15) is 18.3 Å². The van der Waals surface area contributed by atoms with E-state index >= 15 is 0 Å². The number of nitrogens with one attached hydrogen (secondary N) is 2. The highest BCUT2D eigenvalue weighted by molar-refractivity contribution is 5.94. The molecule has 0 fully saturated rings. The van der Waals surface area contributed by atoms with Gasteiger partial charge in [-0.05, 0) is 24.3 Å². The zero-order valence-electron chi connectivity index (χ0n) is 14.0. The smallest absolute Gasteiger partial charge is 0.434 e. The number of amides is 2. The van der Waals surface area contributed by atoms with Gasteiger partial charge in [-0.1, -0.05) is 0 Å². The van der Waals surface area contributed by atoms with Crippen LogP contribution in [0, 0.1) is 0 Å². The first-order valence-corrected chi connectivity index (χ1v) is 7.63. The largest absolute Gasteiger partial charge is 0.478 e. The molecule has 0 aliphatic rings. The molecule has 144 valence electrons. The molecule has 0 bridgehead atoms. The van der Waals surface area contributed by atoms with Crippen LogP contribution in [0.25, 0.3) is 5.69 Å². The molecule has 11 heteroatoms. The number of carbonyl (C=O) groups is 3. The van der Waals surface area contributed by atoms with Crippen LogP contribution in [-0.4, -0.2) is 46.3 Å². The summed E-state index contributed by atoms with van der Waals surface area (Å²) in [4.78, 5) is 34.0. The van der Waals surface area contributed by atoms with Crippen LogP contribution in [0.4, 0.5) is 13.2 Å². The van der Waals surface area contributed by atoms with E-state index in [0.29, 0.717) is 10.9 Å². The molecule has 3 N–H and O–H groups in total. The van der Waals surface area contributed by atoms with Gasteiger partial charge in [0.25, 0.3) is 5.91 Å². The molecule has 2 rings (SSSR count). The first-order chi connectivity index (χ1) is 12.6. The normalized spacial score (nSPS) is 11.1. The van der Waals surface area contributed by atoms with E-state index in [4.69, 9.17) is 5.11 Å². The molecule has 0 radical (unpaired) electrons. The summed E-state index contributed by atoms with van der Waals surface area (Å²) in [6, 6.07) is 4.96. The van der Waals surface area contributed by atoms with Crippen molar-refractivity contribution in [2.45, 2.75) is 12.6 Å². The maximum atomic E-state index is 13.2. The van der Waals surface area contributed by atoms with E-state index in [0.717, 1.165) is 0 Å². The van der Waals surface area contributed by atoms with E-state index in [1.807, 2.05) is 0 Å². The van der Waals surface area contributed by atoms with E-state index in [9.17, 15) is 27.6 Å². The van der Waals surface area contributed by atoms with E-state index in [1.54, 1.807) is 0 Å². The van der Waals surface area contributed by atoms with Crippen LogP contribution in [-0.2, 0) is 11.0 Å². The van der Waals surface area contributed by atoms with Crippen molar-refractivity contribution in [2.24, 2.45) is 0 Å². The number of hydrogen-bond donors (Lipinski definition) is 3. The molecule has 0 spiro atoms. The lowest BCUT2D eigenvalue weighted by atomic mass is 10.2. The average Bonchev–Trinajstić information content (AvgIpc) is 3.07. The predicted molar refractivity (Wildman–Crippen MR) is 86.5 cm³/mol. The van der Waals surface area contributed by atoms with Crippen LogP contribution in [0.5, 0.6) is 0 Å². The zero-order valence-corrected chi connectivity index (χ0v) is 14.0. The summed E-state index contributed by atoms with van der Waals surface area (Å²) in [5, 5.41) is 17.3. The number of carboxylic acid groups (broad SMARTS) is 1. The molecular formula is C16H15F3N4O4. The fraction of sp³-hybridized carbons (Fsp3) is 0.250.